The molecule has 0 aliphatic carbocycles. The fourth-order valence-electron chi connectivity index (χ4n) is 1.29. The molecular formula is C11H22O3. The molecular weight excluding hydrogens is 180 g/mol. The second-order valence-corrected chi connectivity index (χ2v) is 3.49. The molecule has 3 heteroatoms. The van der Waals surface area contributed by atoms with Gasteiger partial charge in [0.1, 0.15) is 0 Å². The molecule has 0 fully saturated rings. The molecule has 0 aliphatic rings. The van der Waals surface area contributed by atoms with Gasteiger partial charge in [0, 0.05) is 6.42 Å². The Balaban J connectivity index is 3.33. The summed E-state index contributed by atoms with van der Waals surface area (Å²) in [5.41, 5.74) is 0. The van der Waals surface area contributed by atoms with Crippen LogP contribution in [0.3, 0.4) is 0 Å². The third-order valence-corrected chi connectivity index (χ3v) is 2.13. The van der Waals surface area contributed by atoms with Gasteiger partial charge < -0.3 is 9.84 Å². The van der Waals surface area contributed by atoms with Crippen LogP contribution in [0.2, 0.25) is 0 Å². The predicted molar refractivity (Wildman–Crippen MR) is 56.0 cm³/mol. The van der Waals surface area contributed by atoms with E-state index in [4.69, 9.17) is 4.74 Å². The van der Waals surface area contributed by atoms with Crippen molar-refractivity contribution in [1.29, 1.82) is 0 Å². The van der Waals surface area contributed by atoms with Crippen LogP contribution < -0.4 is 0 Å². The van der Waals surface area contributed by atoms with Crippen molar-refractivity contribution in [2.24, 2.45) is 0 Å². The van der Waals surface area contributed by atoms with E-state index in [1.807, 2.05) is 0 Å². The van der Waals surface area contributed by atoms with Crippen molar-refractivity contribution >= 4 is 5.97 Å². The molecule has 14 heavy (non-hydrogen) atoms. The zero-order chi connectivity index (χ0) is 10.8. The maximum absolute atomic E-state index is 10.9. The van der Waals surface area contributed by atoms with E-state index in [9.17, 15) is 9.90 Å². The van der Waals surface area contributed by atoms with Gasteiger partial charge in [-0.05, 0) is 19.8 Å². The van der Waals surface area contributed by atoms with Crippen LogP contribution in [0.1, 0.15) is 52.4 Å². The molecule has 0 heterocycles. The molecule has 0 aromatic rings. The quantitative estimate of drug-likeness (QED) is 0.485. The number of rotatable bonds is 8. The van der Waals surface area contributed by atoms with Gasteiger partial charge in [0.25, 0.3) is 0 Å². The van der Waals surface area contributed by atoms with Crippen LogP contribution in [0.4, 0.5) is 0 Å². The zero-order valence-electron chi connectivity index (χ0n) is 9.29. The maximum Gasteiger partial charge on any atom is 0.305 e. The number of hydrogen-bond donors (Lipinski definition) is 1. The molecule has 1 N–H and O–H groups in total. The number of carbonyl (C=O) groups excluding carboxylic acids is 1. The lowest BCUT2D eigenvalue weighted by molar-refractivity contribution is -0.143. The smallest absolute Gasteiger partial charge is 0.305 e. The molecule has 0 saturated carbocycles. The highest BCUT2D eigenvalue weighted by molar-refractivity contribution is 5.69. The maximum atomic E-state index is 10.9. The molecule has 0 saturated heterocycles. The number of unbranched alkanes of at least 4 members (excludes halogenated alkanes) is 2. The van der Waals surface area contributed by atoms with E-state index in [2.05, 4.69) is 6.92 Å². The number of aliphatic hydroxyl groups excluding tert-OH is 1. The SMILES string of the molecule is CCCCCC(O)CCC(=O)OCC. The fourth-order valence-corrected chi connectivity index (χ4v) is 1.29. The third kappa shape index (κ3) is 8.05. The highest BCUT2D eigenvalue weighted by atomic mass is 16.5. The number of ether oxygens (including phenoxy) is 1. The number of hydrogen-bond acceptors (Lipinski definition) is 3. The summed E-state index contributed by atoms with van der Waals surface area (Å²) in [5.74, 6) is -0.206. The van der Waals surface area contributed by atoms with Gasteiger partial charge in [-0.2, -0.15) is 0 Å². The summed E-state index contributed by atoms with van der Waals surface area (Å²) in [6.07, 6.45) is 4.67. The van der Waals surface area contributed by atoms with Gasteiger partial charge in [-0.25, -0.2) is 0 Å². The van der Waals surface area contributed by atoms with Crippen LogP contribution in [0.5, 0.6) is 0 Å². The Hall–Kier alpha value is -0.570. The van der Waals surface area contributed by atoms with Crippen molar-refractivity contribution in [1.82, 2.24) is 0 Å². The molecule has 0 aliphatic heterocycles. The largest absolute Gasteiger partial charge is 0.466 e. The zero-order valence-corrected chi connectivity index (χ0v) is 9.29. The predicted octanol–water partition coefficient (Wildman–Crippen LogP) is 2.27. The lowest BCUT2D eigenvalue weighted by Gasteiger charge is -2.09. The number of esters is 1. The van der Waals surface area contributed by atoms with Crippen LogP contribution in [0.15, 0.2) is 0 Å². The number of carbonyl (C=O) groups is 1. The molecule has 0 spiro atoms. The standard InChI is InChI=1S/C11H22O3/c1-3-5-6-7-10(12)8-9-11(13)14-4-2/h10,12H,3-9H2,1-2H3. The van der Waals surface area contributed by atoms with Crippen LogP contribution >= 0.6 is 0 Å². The van der Waals surface area contributed by atoms with E-state index in [-0.39, 0.29) is 12.1 Å². The summed E-state index contributed by atoms with van der Waals surface area (Å²) in [6, 6.07) is 0. The third-order valence-electron chi connectivity index (χ3n) is 2.13. The minimum Gasteiger partial charge on any atom is -0.466 e. The first-order valence-electron chi connectivity index (χ1n) is 5.54. The molecule has 1 atom stereocenters. The van der Waals surface area contributed by atoms with Crippen molar-refractivity contribution in [2.45, 2.75) is 58.5 Å². The number of aliphatic hydroxyl groups is 1. The van der Waals surface area contributed by atoms with Gasteiger partial charge in [-0.15, -0.1) is 0 Å². The molecule has 0 radical (unpaired) electrons. The second-order valence-electron chi connectivity index (χ2n) is 3.49. The molecule has 0 bridgehead atoms. The summed E-state index contributed by atoms with van der Waals surface area (Å²) in [4.78, 5) is 10.9. The van der Waals surface area contributed by atoms with Gasteiger partial charge in [-0.3, -0.25) is 4.79 Å². The Bertz CT molecular complexity index is 145. The van der Waals surface area contributed by atoms with Crippen LogP contribution in [0.25, 0.3) is 0 Å². The van der Waals surface area contributed by atoms with E-state index in [1.54, 1.807) is 6.92 Å². The van der Waals surface area contributed by atoms with Crippen molar-refractivity contribution in [3.63, 3.8) is 0 Å². The molecule has 0 rings (SSSR count). The average molecular weight is 202 g/mol. The molecule has 0 aromatic carbocycles. The summed E-state index contributed by atoms with van der Waals surface area (Å²) in [7, 11) is 0. The summed E-state index contributed by atoms with van der Waals surface area (Å²) in [6.45, 7) is 4.34. The Labute approximate surface area is 86.5 Å². The van der Waals surface area contributed by atoms with E-state index >= 15 is 0 Å². The van der Waals surface area contributed by atoms with Gasteiger partial charge in [0.2, 0.25) is 0 Å². The highest BCUT2D eigenvalue weighted by Crippen LogP contribution is 2.08. The Morgan fingerprint density at radius 1 is 1.29 bits per heavy atom. The topological polar surface area (TPSA) is 46.5 Å². The van der Waals surface area contributed by atoms with E-state index < -0.39 is 0 Å². The van der Waals surface area contributed by atoms with Crippen molar-refractivity contribution in [2.75, 3.05) is 6.61 Å². The molecule has 0 aromatic heterocycles. The minimum atomic E-state index is -0.342. The van der Waals surface area contributed by atoms with Gasteiger partial charge in [0.05, 0.1) is 12.7 Å². The molecule has 0 amide bonds. The molecule has 1 unspecified atom stereocenters. The van der Waals surface area contributed by atoms with Crippen molar-refractivity contribution in [3.8, 4) is 0 Å². The Morgan fingerprint density at radius 2 is 2.00 bits per heavy atom. The molecule has 84 valence electrons. The van der Waals surface area contributed by atoms with Crippen molar-refractivity contribution in [3.05, 3.63) is 0 Å². The Morgan fingerprint density at radius 3 is 2.57 bits per heavy atom. The monoisotopic (exact) mass is 202 g/mol. The first-order chi connectivity index (χ1) is 6.70. The fraction of sp³-hybridized carbons (Fsp3) is 0.909. The Kier molecular flexibility index (Phi) is 8.64. The minimum absolute atomic E-state index is 0.206. The molecule has 3 nitrogen and oxygen atoms in total. The average Bonchev–Trinajstić information content (AvgIpc) is 2.16. The van der Waals surface area contributed by atoms with E-state index in [0.29, 0.717) is 19.4 Å². The van der Waals surface area contributed by atoms with E-state index in [1.165, 1.54) is 0 Å². The second kappa shape index (κ2) is 9.00. The normalized spacial score (nSPS) is 12.5. The lowest BCUT2D eigenvalue weighted by Crippen LogP contribution is -2.11. The van der Waals surface area contributed by atoms with Crippen LogP contribution in [-0.2, 0) is 9.53 Å². The lowest BCUT2D eigenvalue weighted by atomic mass is 10.1. The van der Waals surface area contributed by atoms with Gasteiger partial charge >= 0.3 is 5.97 Å². The first kappa shape index (κ1) is 13.4. The van der Waals surface area contributed by atoms with Crippen molar-refractivity contribution < 1.29 is 14.6 Å². The van der Waals surface area contributed by atoms with Gasteiger partial charge in [0.15, 0.2) is 0 Å². The van der Waals surface area contributed by atoms with E-state index in [0.717, 1.165) is 25.7 Å². The van der Waals surface area contributed by atoms with Crippen LogP contribution in [0, 0.1) is 0 Å². The first-order valence-corrected chi connectivity index (χ1v) is 5.54. The summed E-state index contributed by atoms with van der Waals surface area (Å²) < 4.78 is 4.77. The summed E-state index contributed by atoms with van der Waals surface area (Å²) in [5, 5.41) is 9.49. The summed E-state index contributed by atoms with van der Waals surface area (Å²) >= 11 is 0. The van der Waals surface area contributed by atoms with Gasteiger partial charge in [-0.1, -0.05) is 26.2 Å². The highest BCUT2D eigenvalue weighted by Gasteiger charge is 2.08. The van der Waals surface area contributed by atoms with Crippen LogP contribution in [-0.4, -0.2) is 23.8 Å².